The summed E-state index contributed by atoms with van der Waals surface area (Å²) in [5.41, 5.74) is 0.786. The second-order valence-electron chi connectivity index (χ2n) is 4.53. The van der Waals surface area contributed by atoms with Crippen molar-refractivity contribution in [3.63, 3.8) is 0 Å². The lowest BCUT2D eigenvalue weighted by Gasteiger charge is -2.13. The van der Waals surface area contributed by atoms with E-state index in [0.29, 0.717) is 28.9 Å². The first-order valence-electron chi connectivity index (χ1n) is 6.50. The van der Waals surface area contributed by atoms with Crippen molar-refractivity contribution in [3.05, 3.63) is 64.6 Å². The summed E-state index contributed by atoms with van der Waals surface area (Å²) in [5.74, 6) is 1.10. The predicted molar refractivity (Wildman–Crippen MR) is 79.7 cm³/mol. The maximum absolute atomic E-state index is 11.8. The number of aromatic nitrogens is 2. The van der Waals surface area contributed by atoms with Crippen LogP contribution in [0.2, 0.25) is 0 Å². The molecule has 1 aromatic heterocycles. The van der Waals surface area contributed by atoms with Gasteiger partial charge in [0.2, 0.25) is 0 Å². The standard InChI is InChI=1S/C16H14N2O3/c1-20-14-8-7-12-13(9-17-18-16(12)19)15(14)21-10-11-5-3-2-4-6-11/h2-9H,10H2,1H3,(H,18,19). The third-order valence-corrected chi connectivity index (χ3v) is 3.21. The van der Waals surface area contributed by atoms with Gasteiger partial charge in [0.25, 0.3) is 5.56 Å². The number of methoxy groups -OCH3 is 1. The molecule has 0 radical (unpaired) electrons. The van der Waals surface area contributed by atoms with Gasteiger partial charge in [0.15, 0.2) is 11.5 Å². The third kappa shape index (κ3) is 2.58. The van der Waals surface area contributed by atoms with Crippen molar-refractivity contribution >= 4 is 10.8 Å². The van der Waals surface area contributed by atoms with Crippen molar-refractivity contribution in [1.29, 1.82) is 0 Å². The van der Waals surface area contributed by atoms with Gasteiger partial charge < -0.3 is 9.47 Å². The maximum Gasteiger partial charge on any atom is 0.272 e. The van der Waals surface area contributed by atoms with E-state index in [9.17, 15) is 4.79 Å². The molecule has 1 N–H and O–H groups in total. The lowest BCUT2D eigenvalue weighted by atomic mass is 10.1. The number of hydrogen-bond donors (Lipinski definition) is 1. The molecular formula is C16H14N2O3. The predicted octanol–water partition coefficient (Wildman–Crippen LogP) is 2.51. The van der Waals surface area contributed by atoms with Crippen LogP contribution in [-0.4, -0.2) is 17.3 Å². The zero-order valence-electron chi connectivity index (χ0n) is 11.5. The van der Waals surface area contributed by atoms with Gasteiger partial charge >= 0.3 is 0 Å². The van der Waals surface area contributed by atoms with Gasteiger partial charge in [0, 0.05) is 0 Å². The number of benzene rings is 2. The fraction of sp³-hybridized carbons (Fsp3) is 0.125. The summed E-state index contributed by atoms with van der Waals surface area (Å²) in [7, 11) is 1.57. The summed E-state index contributed by atoms with van der Waals surface area (Å²) in [6.45, 7) is 0.392. The molecule has 106 valence electrons. The number of rotatable bonds is 4. The van der Waals surface area contributed by atoms with Gasteiger partial charge in [0.05, 0.1) is 24.1 Å². The number of aromatic amines is 1. The molecule has 0 aliphatic heterocycles. The molecule has 5 nitrogen and oxygen atoms in total. The number of ether oxygens (including phenoxy) is 2. The quantitative estimate of drug-likeness (QED) is 0.798. The second kappa shape index (κ2) is 5.66. The zero-order valence-corrected chi connectivity index (χ0v) is 11.5. The number of H-pyrrole nitrogens is 1. The molecule has 2 aromatic carbocycles. The van der Waals surface area contributed by atoms with Crippen LogP contribution in [0.5, 0.6) is 11.5 Å². The Morgan fingerprint density at radius 1 is 1.10 bits per heavy atom. The van der Waals surface area contributed by atoms with E-state index in [0.717, 1.165) is 5.56 Å². The Labute approximate surface area is 121 Å². The fourth-order valence-corrected chi connectivity index (χ4v) is 2.16. The van der Waals surface area contributed by atoms with E-state index in [2.05, 4.69) is 10.2 Å². The highest BCUT2D eigenvalue weighted by Gasteiger charge is 2.12. The first-order chi connectivity index (χ1) is 10.3. The highest BCUT2D eigenvalue weighted by Crippen LogP contribution is 2.34. The zero-order chi connectivity index (χ0) is 14.7. The molecule has 0 amide bonds. The highest BCUT2D eigenvalue weighted by atomic mass is 16.5. The molecule has 0 saturated heterocycles. The molecule has 0 unspecified atom stereocenters. The Hall–Kier alpha value is -2.82. The topological polar surface area (TPSA) is 64.2 Å². The molecule has 0 bridgehead atoms. The molecule has 21 heavy (non-hydrogen) atoms. The molecule has 0 fully saturated rings. The maximum atomic E-state index is 11.8. The van der Waals surface area contributed by atoms with Crippen LogP contribution in [0.3, 0.4) is 0 Å². The van der Waals surface area contributed by atoms with Crippen LogP contribution in [0.4, 0.5) is 0 Å². The molecule has 3 rings (SSSR count). The van der Waals surface area contributed by atoms with Crippen molar-refractivity contribution in [1.82, 2.24) is 10.2 Å². The van der Waals surface area contributed by atoms with Crippen molar-refractivity contribution in [3.8, 4) is 11.5 Å². The van der Waals surface area contributed by atoms with Gasteiger partial charge in [-0.25, -0.2) is 5.10 Å². The van der Waals surface area contributed by atoms with Crippen LogP contribution >= 0.6 is 0 Å². The molecule has 1 heterocycles. The van der Waals surface area contributed by atoms with Crippen molar-refractivity contribution in [2.75, 3.05) is 7.11 Å². The summed E-state index contributed by atoms with van der Waals surface area (Å²) in [6, 6.07) is 13.2. The third-order valence-electron chi connectivity index (χ3n) is 3.21. The minimum atomic E-state index is -0.250. The average molecular weight is 282 g/mol. The smallest absolute Gasteiger partial charge is 0.272 e. The first kappa shape index (κ1) is 13.2. The van der Waals surface area contributed by atoms with E-state index in [1.807, 2.05) is 30.3 Å². The number of fused-ring (bicyclic) bond motifs is 1. The van der Waals surface area contributed by atoms with Gasteiger partial charge in [-0.2, -0.15) is 5.10 Å². The number of nitrogens with one attached hydrogen (secondary N) is 1. The molecular weight excluding hydrogens is 268 g/mol. The van der Waals surface area contributed by atoms with Gasteiger partial charge in [0.1, 0.15) is 6.61 Å². The molecule has 0 aliphatic carbocycles. The lowest BCUT2D eigenvalue weighted by Crippen LogP contribution is -2.08. The van der Waals surface area contributed by atoms with Gasteiger partial charge in [-0.3, -0.25) is 4.79 Å². The highest BCUT2D eigenvalue weighted by molar-refractivity contribution is 5.89. The Bertz CT molecular complexity index is 813. The lowest BCUT2D eigenvalue weighted by molar-refractivity contribution is 0.288. The van der Waals surface area contributed by atoms with Crippen LogP contribution in [0.1, 0.15) is 5.56 Å². The summed E-state index contributed by atoms with van der Waals surface area (Å²) in [5, 5.41) is 7.40. The second-order valence-corrected chi connectivity index (χ2v) is 4.53. The van der Waals surface area contributed by atoms with E-state index >= 15 is 0 Å². The molecule has 0 spiro atoms. The largest absolute Gasteiger partial charge is 0.493 e. The van der Waals surface area contributed by atoms with Crippen molar-refractivity contribution in [2.24, 2.45) is 0 Å². The SMILES string of the molecule is COc1ccc2c(=O)[nH]ncc2c1OCc1ccccc1. The van der Waals surface area contributed by atoms with Crippen LogP contribution in [0.25, 0.3) is 10.8 Å². The summed E-state index contributed by atoms with van der Waals surface area (Å²) in [6.07, 6.45) is 1.57. The molecule has 0 saturated carbocycles. The van der Waals surface area contributed by atoms with E-state index in [4.69, 9.17) is 9.47 Å². The molecule has 0 atom stereocenters. The monoisotopic (exact) mass is 282 g/mol. The Kier molecular flexibility index (Phi) is 3.55. The number of nitrogens with zero attached hydrogens (tertiary/aromatic N) is 1. The van der Waals surface area contributed by atoms with E-state index in [1.54, 1.807) is 25.4 Å². The van der Waals surface area contributed by atoms with Crippen LogP contribution < -0.4 is 15.0 Å². The van der Waals surface area contributed by atoms with E-state index in [1.165, 1.54) is 0 Å². The van der Waals surface area contributed by atoms with Crippen molar-refractivity contribution < 1.29 is 9.47 Å². The number of hydrogen-bond acceptors (Lipinski definition) is 4. The summed E-state index contributed by atoms with van der Waals surface area (Å²) in [4.78, 5) is 11.8. The molecule has 5 heteroatoms. The van der Waals surface area contributed by atoms with Gasteiger partial charge in [-0.15, -0.1) is 0 Å². The first-order valence-corrected chi connectivity index (χ1v) is 6.50. The summed E-state index contributed by atoms with van der Waals surface area (Å²) < 4.78 is 11.2. The fourth-order valence-electron chi connectivity index (χ4n) is 2.16. The van der Waals surface area contributed by atoms with Crippen LogP contribution in [-0.2, 0) is 6.61 Å². The van der Waals surface area contributed by atoms with Crippen LogP contribution in [0.15, 0.2) is 53.5 Å². The Balaban J connectivity index is 2.03. The van der Waals surface area contributed by atoms with Gasteiger partial charge in [-0.05, 0) is 17.7 Å². The van der Waals surface area contributed by atoms with Gasteiger partial charge in [-0.1, -0.05) is 30.3 Å². The van der Waals surface area contributed by atoms with E-state index in [-0.39, 0.29) is 5.56 Å². The van der Waals surface area contributed by atoms with E-state index < -0.39 is 0 Å². The average Bonchev–Trinajstić information content (AvgIpc) is 2.54. The minimum absolute atomic E-state index is 0.250. The molecule has 0 aliphatic rings. The molecule has 3 aromatic rings. The summed E-state index contributed by atoms with van der Waals surface area (Å²) >= 11 is 0. The van der Waals surface area contributed by atoms with Crippen LogP contribution in [0, 0.1) is 0 Å². The van der Waals surface area contributed by atoms with Crippen molar-refractivity contribution in [2.45, 2.75) is 6.61 Å². The minimum Gasteiger partial charge on any atom is -0.493 e. The Morgan fingerprint density at radius 3 is 2.67 bits per heavy atom. The normalized spacial score (nSPS) is 10.5. The Morgan fingerprint density at radius 2 is 1.90 bits per heavy atom.